The van der Waals surface area contributed by atoms with Crippen LogP contribution in [0.3, 0.4) is 0 Å². The van der Waals surface area contributed by atoms with Crippen molar-refractivity contribution >= 4 is 5.97 Å². The van der Waals surface area contributed by atoms with Crippen molar-refractivity contribution in [2.75, 3.05) is 19.8 Å². The Morgan fingerprint density at radius 3 is 1.86 bits per heavy atom. The molecular formula is C42H68O14. The second-order valence-electron chi connectivity index (χ2n) is 20.8. The number of fused-ring (bicyclic) bond motifs is 5. The van der Waals surface area contributed by atoms with Gasteiger partial charge in [0.1, 0.15) is 54.4 Å². The zero-order chi connectivity index (χ0) is 40.5. The molecule has 0 amide bonds. The molecule has 8 N–H and O–H groups in total. The van der Waals surface area contributed by atoms with E-state index in [0.29, 0.717) is 24.2 Å². The quantitative estimate of drug-likeness (QED) is 0.135. The molecule has 0 aromatic rings. The van der Waals surface area contributed by atoms with Crippen LogP contribution in [0.1, 0.15) is 106 Å². The number of rotatable bonds is 7. The summed E-state index contributed by atoms with van der Waals surface area (Å²) in [6, 6.07) is 0. The fourth-order valence-electron chi connectivity index (χ4n) is 15.4. The van der Waals surface area contributed by atoms with Crippen molar-refractivity contribution in [1.29, 1.82) is 0 Å². The summed E-state index contributed by atoms with van der Waals surface area (Å²) in [5.74, 6) is 1.45. The van der Waals surface area contributed by atoms with Gasteiger partial charge in [0.2, 0.25) is 0 Å². The van der Waals surface area contributed by atoms with E-state index < -0.39 is 97.2 Å². The highest BCUT2D eigenvalue weighted by atomic mass is 16.8. The standard InChI is InChI=1S/C42H68O14/c1-37(2)20-10-16-42(36(51)56-37)21(20)9-14-41(6)26(42)8-7-25-38(3)13-12-27(39(4,19-45)24(38)11-15-40(25,41)5)54-35-33(31(49)29(47)23(18-44)53-35)55-34-32(50)30(48)28(46)22(17-43)52-34/h20-35,43-50H,7-19H2,1-6H3/t20-,21-,22+,23+,24?,25+,26-,27-,28+,29+,30-,31-,32+,33+,34-,35-,38-,39+,40+,41+,42+/m0/s1. The van der Waals surface area contributed by atoms with E-state index in [9.17, 15) is 45.6 Å². The first kappa shape index (κ1) is 41.7. The fourth-order valence-corrected chi connectivity index (χ4v) is 15.4. The molecule has 2 bridgehead atoms. The van der Waals surface area contributed by atoms with Crippen LogP contribution in [0.4, 0.5) is 0 Å². The Labute approximate surface area is 330 Å². The summed E-state index contributed by atoms with van der Waals surface area (Å²) in [5, 5.41) is 84.9. The van der Waals surface area contributed by atoms with Crippen molar-refractivity contribution in [3.8, 4) is 0 Å². The molecule has 8 fully saturated rings. The van der Waals surface area contributed by atoms with E-state index in [4.69, 9.17) is 23.7 Å². The van der Waals surface area contributed by atoms with Crippen LogP contribution in [0.2, 0.25) is 0 Å². The summed E-state index contributed by atoms with van der Waals surface area (Å²) >= 11 is 0. The van der Waals surface area contributed by atoms with E-state index in [1.54, 1.807) is 0 Å². The Morgan fingerprint density at radius 2 is 1.20 bits per heavy atom. The first-order valence-electron chi connectivity index (χ1n) is 21.4. The third kappa shape index (κ3) is 5.53. The van der Waals surface area contributed by atoms with E-state index in [2.05, 4.69) is 34.6 Å². The Balaban J connectivity index is 1.05. The molecule has 0 spiro atoms. The van der Waals surface area contributed by atoms with E-state index in [0.717, 1.165) is 57.8 Å². The van der Waals surface area contributed by atoms with Gasteiger partial charge in [0.05, 0.1) is 31.3 Å². The number of carbonyl (C=O) groups is 1. The molecule has 8 rings (SSSR count). The monoisotopic (exact) mass is 796 g/mol. The van der Waals surface area contributed by atoms with Gasteiger partial charge >= 0.3 is 5.97 Å². The van der Waals surface area contributed by atoms with Gasteiger partial charge in [-0.15, -0.1) is 0 Å². The molecule has 8 aliphatic rings. The molecule has 0 radical (unpaired) electrons. The molecule has 0 aromatic heterocycles. The van der Waals surface area contributed by atoms with E-state index in [1.165, 1.54) is 0 Å². The van der Waals surface area contributed by atoms with Crippen LogP contribution in [0.25, 0.3) is 0 Å². The highest BCUT2D eigenvalue weighted by molar-refractivity contribution is 5.80. The molecule has 0 aromatic carbocycles. The molecule has 5 saturated carbocycles. The number of hydrogen-bond donors (Lipinski definition) is 8. The van der Waals surface area contributed by atoms with Gasteiger partial charge in [-0.1, -0.05) is 27.7 Å². The molecule has 21 atom stereocenters. The van der Waals surface area contributed by atoms with Gasteiger partial charge < -0.3 is 64.5 Å². The van der Waals surface area contributed by atoms with Crippen LogP contribution in [-0.2, 0) is 28.5 Å². The summed E-state index contributed by atoms with van der Waals surface area (Å²) in [6.45, 7) is 12.1. The minimum Gasteiger partial charge on any atom is -0.459 e. The first-order chi connectivity index (χ1) is 26.3. The number of esters is 1. The van der Waals surface area contributed by atoms with Crippen LogP contribution in [0.5, 0.6) is 0 Å². The molecular weight excluding hydrogens is 728 g/mol. The highest BCUT2D eigenvalue weighted by Gasteiger charge is 2.76. The Hall–Kier alpha value is -1.01. The lowest BCUT2D eigenvalue weighted by Gasteiger charge is -2.73. The van der Waals surface area contributed by atoms with Crippen molar-refractivity contribution in [2.24, 2.45) is 56.7 Å². The van der Waals surface area contributed by atoms with Crippen LogP contribution in [0, 0.1) is 56.7 Å². The van der Waals surface area contributed by atoms with Crippen LogP contribution in [-0.4, -0.2) is 140 Å². The molecule has 14 nitrogen and oxygen atoms in total. The maximum absolute atomic E-state index is 14.2. The van der Waals surface area contributed by atoms with Crippen LogP contribution >= 0.6 is 0 Å². The number of hydrogen-bond acceptors (Lipinski definition) is 14. The number of aliphatic hydroxyl groups is 8. The largest absolute Gasteiger partial charge is 0.459 e. The number of carbonyl (C=O) groups excluding carboxylic acids is 1. The maximum Gasteiger partial charge on any atom is 0.313 e. The van der Waals surface area contributed by atoms with Crippen molar-refractivity contribution in [2.45, 2.75) is 179 Å². The average Bonchev–Trinajstić information content (AvgIpc) is 3.53. The van der Waals surface area contributed by atoms with Crippen molar-refractivity contribution in [3.63, 3.8) is 0 Å². The predicted molar refractivity (Wildman–Crippen MR) is 197 cm³/mol. The van der Waals surface area contributed by atoms with Crippen molar-refractivity contribution in [3.05, 3.63) is 0 Å². The third-order valence-corrected chi connectivity index (χ3v) is 18.5. The zero-order valence-electron chi connectivity index (χ0n) is 34.0. The molecule has 1 unspecified atom stereocenters. The molecule has 5 aliphatic carbocycles. The second kappa shape index (κ2) is 14.0. The predicted octanol–water partition coefficient (Wildman–Crippen LogP) is 1.39. The molecule has 3 aliphatic heterocycles. The van der Waals surface area contributed by atoms with Gasteiger partial charge in [0, 0.05) is 11.3 Å². The Kier molecular flexibility index (Phi) is 10.4. The molecule has 3 heterocycles. The Bertz CT molecular complexity index is 1490. The van der Waals surface area contributed by atoms with Gasteiger partial charge in [0.15, 0.2) is 12.6 Å². The van der Waals surface area contributed by atoms with Gasteiger partial charge in [-0.2, -0.15) is 0 Å². The maximum atomic E-state index is 14.2. The number of aliphatic hydroxyl groups excluding tert-OH is 8. The van der Waals surface area contributed by atoms with Gasteiger partial charge in [-0.3, -0.25) is 4.79 Å². The minimum absolute atomic E-state index is 0.0319. The lowest BCUT2D eigenvalue weighted by atomic mass is 9.31. The van der Waals surface area contributed by atoms with Crippen LogP contribution in [0.15, 0.2) is 0 Å². The fraction of sp³-hybridized carbons (Fsp3) is 0.976. The second-order valence-corrected chi connectivity index (χ2v) is 20.8. The van der Waals surface area contributed by atoms with Crippen LogP contribution < -0.4 is 0 Å². The zero-order valence-corrected chi connectivity index (χ0v) is 34.0. The third-order valence-electron chi connectivity index (χ3n) is 18.5. The van der Waals surface area contributed by atoms with Crippen molar-refractivity contribution in [1.82, 2.24) is 0 Å². The average molecular weight is 797 g/mol. The smallest absolute Gasteiger partial charge is 0.313 e. The minimum atomic E-state index is -1.78. The van der Waals surface area contributed by atoms with Gasteiger partial charge in [0.25, 0.3) is 0 Å². The lowest BCUT2D eigenvalue weighted by Crippen LogP contribution is -2.70. The SMILES string of the molecule is CC1(C)OC(=O)[C@]23CC[C@H]1[C@@H]2CC[C@]1(C)[C@@H]3CC[C@@H]2[C@@]3(C)CC[C@H](O[C@@H]4O[C@H](CO)[C@@H](O)[C@H](O)[C@H]4O[C@@H]4O[C@H](CO)[C@@H](O)[C@H](O)[C@H]4O)[C@](C)(CO)C3CC[C@]21C. The molecule has 3 saturated heterocycles. The lowest BCUT2D eigenvalue weighted by molar-refractivity contribution is -0.379. The van der Waals surface area contributed by atoms with Gasteiger partial charge in [-0.25, -0.2) is 0 Å². The molecule has 56 heavy (non-hydrogen) atoms. The van der Waals surface area contributed by atoms with E-state index in [-0.39, 0.29) is 40.7 Å². The highest BCUT2D eigenvalue weighted by Crippen LogP contribution is 2.79. The normalized spacial score (nSPS) is 57.6. The Morgan fingerprint density at radius 1 is 0.607 bits per heavy atom. The topological polar surface area (TPSA) is 225 Å². The van der Waals surface area contributed by atoms with E-state index >= 15 is 0 Å². The summed E-state index contributed by atoms with van der Waals surface area (Å²) in [5.41, 5.74) is -1.87. The summed E-state index contributed by atoms with van der Waals surface area (Å²) in [4.78, 5) is 14.2. The molecule has 14 heteroatoms. The first-order valence-corrected chi connectivity index (χ1v) is 21.4. The number of cyclic esters (lactones) is 1. The van der Waals surface area contributed by atoms with Crippen molar-refractivity contribution < 1.29 is 69.3 Å². The van der Waals surface area contributed by atoms with E-state index in [1.807, 2.05) is 6.92 Å². The summed E-state index contributed by atoms with van der Waals surface area (Å²) in [6.07, 6.45) is -6.87. The summed E-state index contributed by atoms with van der Waals surface area (Å²) < 4.78 is 30.6. The van der Waals surface area contributed by atoms with Gasteiger partial charge in [-0.05, 0) is 118 Å². The molecule has 320 valence electrons. The number of ether oxygens (including phenoxy) is 5. The summed E-state index contributed by atoms with van der Waals surface area (Å²) in [7, 11) is 0.